The number of halogens is 1. The Morgan fingerprint density at radius 3 is 2.54 bits per heavy atom. The van der Waals surface area contributed by atoms with Crippen molar-refractivity contribution in [3.8, 4) is 0 Å². The fraction of sp³-hybridized carbons (Fsp3) is 0. The minimum absolute atomic E-state index is 0.111. The molecule has 0 fully saturated rings. The van der Waals surface area contributed by atoms with Gasteiger partial charge in [-0.3, -0.25) is 4.79 Å². The highest BCUT2D eigenvalue weighted by Crippen LogP contribution is 2.18. The molecule has 1 heterocycles. The van der Waals surface area contributed by atoms with Gasteiger partial charge in [-0.05, 0) is 54.6 Å². The highest BCUT2D eigenvalue weighted by atomic mass is 35.5. The third-order valence-electron chi connectivity index (χ3n) is 3.18. The number of nitrogens with zero attached hydrogens (tertiary/aromatic N) is 2. The lowest BCUT2D eigenvalue weighted by Gasteiger charge is -2.07. The number of carbonyl (C=O) groups is 2. The standard InChI is InChI=1S/C18H12ClN3O4/c19-13-4-1-3-12(11-13)18(24)26-22-15-8-6-14(7-9-15)20-21-17(23)16-5-2-10-25-16/h1-11,22H. The molecule has 1 amide bonds. The number of amides is 1. The van der Waals surface area contributed by atoms with Crippen LogP contribution in [0.5, 0.6) is 0 Å². The zero-order valence-electron chi connectivity index (χ0n) is 13.3. The average Bonchev–Trinajstić information content (AvgIpc) is 3.20. The molecule has 0 atom stereocenters. The zero-order valence-corrected chi connectivity index (χ0v) is 14.0. The number of azo groups is 1. The molecule has 0 saturated carbocycles. The van der Waals surface area contributed by atoms with Crippen molar-refractivity contribution < 1.29 is 18.8 Å². The summed E-state index contributed by atoms with van der Waals surface area (Å²) >= 11 is 5.83. The quantitative estimate of drug-likeness (QED) is 0.502. The Hall–Kier alpha value is -3.45. The number of benzene rings is 2. The second-order valence-corrected chi connectivity index (χ2v) is 5.47. The molecule has 0 unspecified atom stereocenters. The number of carbonyl (C=O) groups excluding carboxylic acids is 2. The summed E-state index contributed by atoms with van der Waals surface area (Å²) in [4.78, 5) is 28.5. The minimum atomic E-state index is -0.576. The molecule has 1 aromatic heterocycles. The molecule has 26 heavy (non-hydrogen) atoms. The molecule has 0 aliphatic rings. The largest absolute Gasteiger partial charge is 0.459 e. The van der Waals surface area contributed by atoms with Crippen molar-refractivity contribution in [2.24, 2.45) is 10.2 Å². The number of hydrogen-bond acceptors (Lipinski definition) is 6. The van der Waals surface area contributed by atoms with Crippen LogP contribution in [0.25, 0.3) is 0 Å². The second-order valence-electron chi connectivity index (χ2n) is 5.03. The van der Waals surface area contributed by atoms with Gasteiger partial charge in [0.05, 0.1) is 23.2 Å². The van der Waals surface area contributed by atoms with Crippen LogP contribution in [0.3, 0.4) is 0 Å². The van der Waals surface area contributed by atoms with Crippen LogP contribution < -0.4 is 5.48 Å². The lowest BCUT2D eigenvalue weighted by molar-refractivity contribution is 0.0596. The lowest BCUT2D eigenvalue weighted by Crippen LogP contribution is -2.10. The van der Waals surface area contributed by atoms with E-state index in [-0.39, 0.29) is 5.76 Å². The van der Waals surface area contributed by atoms with Gasteiger partial charge in [0.1, 0.15) is 0 Å². The summed E-state index contributed by atoms with van der Waals surface area (Å²) in [5.41, 5.74) is 3.84. The molecule has 0 spiro atoms. The van der Waals surface area contributed by atoms with Gasteiger partial charge in [0.15, 0.2) is 5.76 Å². The zero-order chi connectivity index (χ0) is 18.4. The van der Waals surface area contributed by atoms with Gasteiger partial charge in [0.2, 0.25) is 0 Å². The van der Waals surface area contributed by atoms with E-state index in [1.54, 1.807) is 48.5 Å². The normalized spacial score (nSPS) is 10.7. The molecule has 8 heteroatoms. The smallest absolute Gasteiger partial charge is 0.362 e. The SMILES string of the molecule is O=C(ONc1ccc(N=NC(=O)c2ccco2)cc1)c1cccc(Cl)c1. The van der Waals surface area contributed by atoms with Gasteiger partial charge in [-0.25, -0.2) is 10.3 Å². The molecular formula is C18H12ClN3O4. The maximum absolute atomic E-state index is 11.9. The highest BCUT2D eigenvalue weighted by molar-refractivity contribution is 6.30. The van der Waals surface area contributed by atoms with E-state index in [9.17, 15) is 9.59 Å². The topological polar surface area (TPSA) is 93.3 Å². The third-order valence-corrected chi connectivity index (χ3v) is 3.41. The van der Waals surface area contributed by atoms with Gasteiger partial charge in [0, 0.05) is 5.02 Å². The van der Waals surface area contributed by atoms with E-state index in [1.165, 1.54) is 18.4 Å². The molecule has 0 bridgehead atoms. The first-order chi connectivity index (χ1) is 12.6. The molecule has 2 aromatic carbocycles. The summed E-state index contributed by atoms with van der Waals surface area (Å²) in [6.45, 7) is 0. The van der Waals surface area contributed by atoms with Crippen LogP contribution in [0.4, 0.5) is 11.4 Å². The molecular weight excluding hydrogens is 358 g/mol. The van der Waals surface area contributed by atoms with Crippen molar-refractivity contribution >= 4 is 34.9 Å². The van der Waals surface area contributed by atoms with Gasteiger partial charge in [-0.2, -0.15) is 0 Å². The summed E-state index contributed by atoms with van der Waals surface area (Å²) in [7, 11) is 0. The Labute approximate surface area is 153 Å². The molecule has 0 radical (unpaired) electrons. The average molecular weight is 370 g/mol. The van der Waals surface area contributed by atoms with E-state index in [0.717, 1.165) is 0 Å². The summed E-state index contributed by atoms with van der Waals surface area (Å²) in [6, 6.07) is 16.0. The van der Waals surface area contributed by atoms with E-state index in [0.29, 0.717) is 22.0 Å². The Bertz CT molecular complexity index is 937. The fourth-order valence-corrected chi connectivity index (χ4v) is 2.12. The number of nitrogens with one attached hydrogen (secondary N) is 1. The van der Waals surface area contributed by atoms with Gasteiger partial charge >= 0.3 is 11.9 Å². The van der Waals surface area contributed by atoms with Crippen LogP contribution in [-0.2, 0) is 4.84 Å². The van der Waals surface area contributed by atoms with Gasteiger partial charge in [-0.1, -0.05) is 17.7 Å². The molecule has 3 aromatic rings. The van der Waals surface area contributed by atoms with E-state index in [1.807, 2.05) is 0 Å². The summed E-state index contributed by atoms with van der Waals surface area (Å²) in [5.74, 6) is -1.03. The Morgan fingerprint density at radius 1 is 1.04 bits per heavy atom. The molecule has 130 valence electrons. The van der Waals surface area contributed by atoms with Gasteiger partial charge in [0.25, 0.3) is 0 Å². The number of hydrogen-bond donors (Lipinski definition) is 1. The van der Waals surface area contributed by atoms with Crippen LogP contribution in [0.2, 0.25) is 5.02 Å². The second kappa shape index (κ2) is 8.09. The van der Waals surface area contributed by atoms with Crippen LogP contribution >= 0.6 is 11.6 Å². The third kappa shape index (κ3) is 4.55. The van der Waals surface area contributed by atoms with Crippen molar-refractivity contribution in [2.75, 3.05) is 5.48 Å². The first-order valence-electron chi connectivity index (χ1n) is 7.44. The van der Waals surface area contributed by atoms with Crippen molar-refractivity contribution in [1.29, 1.82) is 0 Å². The predicted octanol–water partition coefficient (Wildman–Crippen LogP) is 5.04. The van der Waals surface area contributed by atoms with E-state index >= 15 is 0 Å². The first-order valence-corrected chi connectivity index (χ1v) is 7.82. The Morgan fingerprint density at radius 2 is 1.85 bits per heavy atom. The monoisotopic (exact) mass is 369 g/mol. The van der Waals surface area contributed by atoms with Crippen LogP contribution in [-0.4, -0.2) is 11.9 Å². The lowest BCUT2D eigenvalue weighted by atomic mass is 10.2. The fourth-order valence-electron chi connectivity index (χ4n) is 1.93. The van der Waals surface area contributed by atoms with E-state index in [2.05, 4.69) is 15.7 Å². The highest BCUT2D eigenvalue weighted by Gasteiger charge is 2.08. The predicted molar refractivity (Wildman–Crippen MR) is 94.5 cm³/mol. The van der Waals surface area contributed by atoms with Crippen LogP contribution in [0, 0.1) is 0 Å². The molecule has 3 rings (SSSR count). The summed E-state index contributed by atoms with van der Waals surface area (Å²) in [6.07, 6.45) is 1.38. The number of furan rings is 1. The maximum atomic E-state index is 11.9. The number of rotatable bonds is 5. The first kappa shape index (κ1) is 17.4. The van der Waals surface area contributed by atoms with Crippen molar-refractivity contribution in [3.05, 3.63) is 83.3 Å². The van der Waals surface area contributed by atoms with Crippen LogP contribution in [0.1, 0.15) is 20.9 Å². The van der Waals surface area contributed by atoms with Crippen LogP contribution in [0.15, 0.2) is 81.6 Å². The molecule has 0 aliphatic heterocycles. The minimum Gasteiger partial charge on any atom is -0.459 e. The summed E-state index contributed by atoms with van der Waals surface area (Å²) < 4.78 is 4.93. The Balaban J connectivity index is 1.56. The van der Waals surface area contributed by atoms with E-state index in [4.69, 9.17) is 20.9 Å². The van der Waals surface area contributed by atoms with Crippen molar-refractivity contribution in [3.63, 3.8) is 0 Å². The van der Waals surface area contributed by atoms with Gasteiger partial charge < -0.3 is 9.25 Å². The van der Waals surface area contributed by atoms with E-state index < -0.39 is 11.9 Å². The van der Waals surface area contributed by atoms with Gasteiger partial charge in [-0.15, -0.1) is 10.2 Å². The number of anilines is 1. The molecule has 7 nitrogen and oxygen atoms in total. The van der Waals surface area contributed by atoms with Crippen molar-refractivity contribution in [2.45, 2.75) is 0 Å². The molecule has 1 N–H and O–H groups in total. The summed E-state index contributed by atoms with van der Waals surface area (Å²) in [5, 5.41) is 7.83. The maximum Gasteiger partial charge on any atom is 0.362 e. The molecule has 0 aliphatic carbocycles. The Kier molecular flexibility index (Phi) is 5.40. The molecule has 0 saturated heterocycles. The van der Waals surface area contributed by atoms with Crippen molar-refractivity contribution in [1.82, 2.24) is 0 Å².